The molecule has 6 nitrogen and oxygen atoms in total. The molecule has 0 aromatic rings. The van der Waals surface area contributed by atoms with E-state index in [9.17, 15) is 4.79 Å². The van der Waals surface area contributed by atoms with Crippen molar-refractivity contribution < 1.29 is 4.79 Å². The third-order valence-corrected chi connectivity index (χ3v) is 3.26. The Morgan fingerprint density at radius 1 is 1.40 bits per heavy atom. The van der Waals surface area contributed by atoms with E-state index in [4.69, 9.17) is 0 Å². The predicted molar refractivity (Wildman–Crippen MR) is 82.9 cm³/mol. The standard InChI is InChI=1S/C14H29N5O/c1-14(2,3)17-9-8-16-13(15-4)18-11-6-7-12(20)19(5)10-11/h11,17H,6-10H2,1-5H3,(H2,15,16,18). The van der Waals surface area contributed by atoms with E-state index >= 15 is 0 Å². The summed E-state index contributed by atoms with van der Waals surface area (Å²) in [5, 5.41) is 10.1. The van der Waals surface area contributed by atoms with Gasteiger partial charge in [0.05, 0.1) is 0 Å². The van der Waals surface area contributed by atoms with Gasteiger partial charge in [0.15, 0.2) is 5.96 Å². The van der Waals surface area contributed by atoms with Gasteiger partial charge >= 0.3 is 0 Å². The number of likely N-dealkylation sites (N-methyl/N-ethyl adjacent to an activating group) is 1. The summed E-state index contributed by atoms with van der Waals surface area (Å²) in [6.07, 6.45) is 1.47. The number of carbonyl (C=O) groups excluding carboxylic acids is 1. The van der Waals surface area contributed by atoms with Crippen molar-refractivity contribution in [3.63, 3.8) is 0 Å². The molecule has 1 amide bonds. The summed E-state index contributed by atoms with van der Waals surface area (Å²) in [6, 6.07) is 0.277. The first-order chi connectivity index (χ1) is 9.31. The second kappa shape index (κ2) is 7.47. The van der Waals surface area contributed by atoms with Crippen LogP contribution in [-0.2, 0) is 4.79 Å². The first-order valence-electron chi connectivity index (χ1n) is 7.28. The van der Waals surface area contributed by atoms with Crippen LogP contribution in [0.3, 0.4) is 0 Å². The lowest BCUT2D eigenvalue weighted by molar-refractivity contribution is -0.132. The van der Waals surface area contributed by atoms with Crippen molar-refractivity contribution >= 4 is 11.9 Å². The number of amides is 1. The molecule has 0 aliphatic carbocycles. The second-order valence-corrected chi connectivity index (χ2v) is 6.33. The van der Waals surface area contributed by atoms with E-state index in [-0.39, 0.29) is 17.5 Å². The summed E-state index contributed by atoms with van der Waals surface area (Å²) in [4.78, 5) is 17.4. The van der Waals surface area contributed by atoms with Crippen molar-refractivity contribution in [3.05, 3.63) is 0 Å². The number of hydrogen-bond donors (Lipinski definition) is 3. The molecule has 116 valence electrons. The number of piperidine rings is 1. The topological polar surface area (TPSA) is 68.8 Å². The van der Waals surface area contributed by atoms with E-state index in [1.807, 2.05) is 7.05 Å². The van der Waals surface area contributed by atoms with Crippen molar-refractivity contribution in [1.29, 1.82) is 0 Å². The maximum atomic E-state index is 11.4. The predicted octanol–water partition coefficient (Wildman–Crippen LogP) is 0.160. The third kappa shape index (κ3) is 6.23. The molecule has 1 aliphatic rings. The highest BCUT2D eigenvalue weighted by atomic mass is 16.2. The summed E-state index contributed by atoms with van der Waals surface area (Å²) in [5.41, 5.74) is 0.130. The van der Waals surface area contributed by atoms with E-state index in [1.54, 1.807) is 11.9 Å². The number of nitrogens with zero attached hydrogens (tertiary/aromatic N) is 2. The van der Waals surface area contributed by atoms with Crippen LogP contribution in [0.15, 0.2) is 4.99 Å². The molecule has 0 aromatic heterocycles. The van der Waals surface area contributed by atoms with Gasteiger partial charge in [-0.2, -0.15) is 0 Å². The lowest BCUT2D eigenvalue weighted by Crippen LogP contribution is -2.52. The van der Waals surface area contributed by atoms with Gasteiger partial charge in [0.25, 0.3) is 0 Å². The molecule has 1 rings (SSSR count). The van der Waals surface area contributed by atoms with Crippen LogP contribution in [0.2, 0.25) is 0 Å². The highest BCUT2D eigenvalue weighted by Gasteiger charge is 2.23. The first kappa shape index (κ1) is 16.8. The van der Waals surface area contributed by atoms with E-state index < -0.39 is 0 Å². The van der Waals surface area contributed by atoms with E-state index in [0.29, 0.717) is 6.42 Å². The molecule has 1 atom stereocenters. The van der Waals surface area contributed by atoms with Gasteiger partial charge in [-0.15, -0.1) is 0 Å². The molecular formula is C14H29N5O. The molecule has 0 spiro atoms. The van der Waals surface area contributed by atoms with Gasteiger partial charge in [-0.3, -0.25) is 9.79 Å². The Morgan fingerprint density at radius 2 is 2.10 bits per heavy atom. The minimum Gasteiger partial charge on any atom is -0.355 e. The number of aliphatic imine (C=N–C) groups is 1. The van der Waals surface area contributed by atoms with Crippen LogP contribution in [0.25, 0.3) is 0 Å². The fraction of sp³-hybridized carbons (Fsp3) is 0.857. The van der Waals surface area contributed by atoms with Crippen LogP contribution >= 0.6 is 0 Å². The molecule has 6 heteroatoms. The molecule has 1 saturated heterocycles. The van der Waals surface area contributed by atoms with E-state index in [1.165, 1.54) is 0 Å². The molecule has 20 heavy (non-hydrogen) atoms. The molecule has 1 unspecified atom stereocenters. The Morgan fingerprint density at radius 3 is 2.65 bits per heavy atom. The lowest BCUT2D eigenvalue weighted by Gasteiger charge is -2.31. The van der Waals surface area contributed by atoms with Gasteiger partial charge < -0.3 is 20.9 Å². The first-order valence-corrected chi connectivity index (χ1v) is 7.28. The Balaban J connectivity index is 2.28. The Bertz CT molecular complexity index is 348. The molecular weight excluding hydrogens is 254 g/mol. The van der Waals surface area contributed by atoms with Gasteiger partial charge in [0, 0.05) is 51.7 Å². The SMILES string of the molecule is CN=C(NCCNC(C)(C)C)NC1CCC(=O)N(C)C1. The highest BCUT2D eigenvalue weighted by Crippen LogP contribution is 2.09. The highest BCUT2D eigenvalue weighted by molar-refractivity contribution is 5.81. The number of carbonyl (C=O) groups is 1. The number of nitrogens with one attached hydrogen (secondary N) is 3. The summed E-state index contributed by atoms with van der Waals surface area (Å²) in [5.74, 6) is 1.02. The lowest BCUT2D eigenvalue weighted by atomic mass is 10.1. The zero-order valence-electron chi connectivity index (χ0n) is 13.4. The fourth-order valence-corrected chi connectivity index (χ4v) is 2.14. The zero-order chi connectivity index (χ0) is 15.2. The molecule has 1 aliphatic heterocycles. The van der Waals surface area contributed by atoms with E-state index in [0.717, 1.165) is 32.0 Å². The number of likely N-dealkylation sites (tertiary alicyclic amines) is 1. The maximum Gasteiger partial charge on any atom is 0.222 e. The molecule has 3 N–H and O–H groups in total. The molecule has 1 heterocycles. The average molecular weight is 283 g/mol. The van der Waals surface area contributed by atoms with Crippen LogP contribution in [0.4, 0.5) is 0 Å². The Labute approximate surface area is 122 Å². The molecule has 0 aromatic carbocycles. The summed E-state index contributed by atoms with van der Waals surface area (Å²) < 4.78 is 0. The summed E-state index contributed by atoms with van der Waals surface area (Å²) in [6.45, 7) is 8.88. The van der Waals surface area contributed by atoms with Gasteiger partial charge in [0.2, 0.25) is 5.91 Å². The fourth-order valence-electron chi connectivity index (χ4n) is 2.14. The Hall–Kier alpha value is -1.30. The zero-order valence-corrected chi connectivity index (χ0v) is 13.4. The number of guanidine groups is 1. The van der Waals surface area contributed by atoms with Gasteiger partial charge in [-0.1, -0.05) is 0 Å². The van der Waals surface area contributed by atoms with Gasteiger partial charge in [0.1, 0.15) is 0 Å². The molecule has 0 radical (unpaired) electrons. The summed E-state index contributed by atoms with van der Waals surface area (Å²) >= 11 is 0. The second-order valence-electron chi connectivity index (χ2n) is 6.33. The van der Waals surface area contributed by atoms with Crippen LogP contribution in [0.1, 0.15) is 33.6 Å². The molecule has 0 saturated carbocycles. The quantitative estimate of drug-likeness (QED) is 0.391. The third-order valence-electron chi connectivity index (χ3n) is 3.26. The number of rotatable bonds is 4. The van der Waals surface area contributed by atoms with Crippen LogP contribution < -0.4 is 16.0 Å². The maximum absolute atomic E-state index is 11.4. The minimum atomic E-state index is 0.130. The minimum absolute atomic E-state index is 0.130. The average Bonchev–Trinajstić information content (AvgIpc) is 2.36. The smallest absolute Gasteiger partial charge is 0.222 e. The van der Waals surface area contributed by atoms with Crippen molar-refractivity contribution in [2.24, 2.45) is 4.99 Å². The van der Waals surface area contributed by atoms with Crippen LogP contribution in [0.5, 0.6) is 0 Å². The van der Waals surface area contributed by atoms with Crippen molar-refractivity contribution in [2.45, 2.75) is 45.2 Å². The summed E-state index contributed by atoms with van der Waals surface area (Å²) in [7, 11) is 3.61. The van der Waals surface area contributed by atoms with Gasteiger partial charge in [-0.05, 0) is 27.2 Å². The van der Waals surface area contributed by atoms with Crippen molar-refractivity contribution in [3.8, 4) is 0 Å². The Kier molecular flexibility index (Phi) is 6.26. The van der Waals surface area contributed by atoms with Crippen LogP contribution in [-0.4, -0.2) is 62.1 Å². The van der Waals surface area contributed by atoms with Crippen molar-refractivity contribution in [1.82, 2.24) is 20.9 Å². The number of hydrogen-bond acceptors (Lipinski definition) is 3. The van der Waals surface area contributed by atoms with Gasteiger partial charge in [-0.25, -0.2) is 0 Å². The monoisotopic (exact) mass is 283 g/mol. The van der Waals surface area contributed by atoms with Crippen molar-refractivity contribution in [2.75, 3.05) is 33.7 Å². The van der Waals surface area contributed by atoms with Crippen LogP contribution in [0, 0.1) is 0 Å². The molecule has 1 fully saturated rings. The largest absolute Gasteiger partial charge is 0.355 e. The van der Waals surface area contributed by atoms with E-state index in [2.05, 4.69) is 41.7 Å². The molecule has 0 bridgehead atoms. The normalized spacial score (nSPS) is 21.1.